The monoisotopic (exact) mass is 295 g/mol. The third kappa shape index (κ3) is 2.20. The Balaban J connectivity index is 2.35. The van der Waals surface area contributed by atoms with Crippen LogP contribution in [0.15, 0.2) is 47.3 Å². The molecule has 0 aliphatic rings. The third-order valence-corrected chi connectivity index (χ3v) is 3.73. The highest BCUT2D eigenvalue weighted by Gasteiger charge is 2.14. The van der Waals surface area contributed by atoms with Crippen LogP contribution in [0.4, 0.5) is 5.69 Å². The van der Waals surface area contributed by atoms with Crippen molar-refractivity contribution in [3.05, 3.63) is 52.8 Å². The largest absolute Gasteiger partial charge is 0.497 e. The summed E-state index contributed by atoms with van der Waals surface area (Å²) in [5, 5.41) is 3.10. The molecule has 0 fully saturated rings. The predicted octanol–water partition coefficient (Wildman–Crippen LogP) is 2.65. The highest BCUT2D eigenvalue weighted by Crippen LogP contribution is 2.29. The number of aryl methyl sites for hydroxylation is 1. The van der Waals surface area contributed by atoms with Gasteiger partial charge in [-0.3, -0.25) is 4.79 Å². The van der Waals surface area contributed by atoms with Crippen molar-refractivity contribution < 1.29 is 4.74 Å². The highest BCUT2D eigenvalue weighted by molar-refractivity contribution is 5.82. The van der Waals surface area contributed by atoms with Gasteiger partial charge in [0.2, 0.25) is 0 Å². The van der Waals surface area contributed by atoms with Crippen LogP contribution in [0.2, 0.25) is 0 Å². The molecule has 3 aromatic rings. The molecule has 0 saturated carbocycles. The van der Waals surface area contributed by atoms with Crippen molar-refractivity contribution >= 4 is 16.7 Å². The molecular weight excluding hydrogens is 278 g/mol. The van der Waals surface area contributed by atoms with Crippen molar-refractivity contribution in [1.29, 1.82) is 0 Å². The summed E-state index contributed by atoms with van der Waals surface area (Å²) in [6.07, 6.45) is 0. The zero-order valence-electron chi connectivity index (χ0n) is 12.8. The Morgan fingerprint density at radius 3 is 2.68 bits per heavy atom. The number of aromatic nitrogens is 2. The number of benzene rings is 2. The molecule has 0 unspecified atom stereocenters. The fourth-order valence-corrected chi connectivity index (χ4v) is 2.52. The van der Waals surface area contributed by atoms with E-state index >= 15 is 0 Å². The van der Waals surface area contributed by atoms with Gasteiger partial charge in [0, 0.05) is 25.3 Å². The van der Waals surface area contributed by atoms with Gasteiger partial charge in [-0.15, -0.1) is 0 Å². The van der Waals surface area contributed by atoms with E-state index < -0.39 is 0 Å². The van der Waals surface area contributed by atoms with E-state index in [1.807, 2.05) is 49.5 Å². The summed E-state index contributed by atoms with van der Waals surface area (Å²) in [5.74, 6) is 0.686. The number of methoxy groups -OCH3 is 1. The maximum atomic E-state index is 12.7. The van der Waals surface area contributed by atoms with E-state index in [1.54, 1.807) is 18.7 Å². The first kappa shape index (κ1) is 14.1. The van der Waals surface area contributed by atoms with Crippen molar-refractivity contribution in [3.63, 3.8) is 0 Å². The molecule has 2 aromatic carbocycles. The van der Waals surface area contributed by atoms with E-state index in [2.05, 4.69) is 10.3 Å². The number of para-hydroxylation sites is 2. The van der Waals surface area contributed by atoms with E-state index in [-0.39, 0.29) is 5.56 Å². The molecule has 5 nitrogen and oxygen atoms in total. The number of fused-ring (bicyclic) bond motifs is 1. The summed E-state index contributed by atoms with van der Waals surface area (Å²) in [5.41, 5.74) is 3.43. The lowest BCUT2D eigenvalue weighted by Gasteiger charge is -2.12. The smallest absolute Gasteiger partial charge is 0.277 e. The molecule has 0 saturated heterocycles. The van der Waals surface area contributed by atoms with Gasteiger partial charge in [-0.1, -0.05) is 12.1 Å². The molecule has 3 rings (SSSR count). The van der Waals surface area contributed by atoms with Gasteiger partial charge in [-0.05, 0) is 30.3 Å². The molecule has 1 heterocycles. The first-order chi connectivity index (χ1) is 10.7. The third-order valence-electron chi connectivity index (χ3n) is 3.73. The summed E-state index contributed by atoms with van der Waals surface area (Å²) in [4.78, 5) is 17.2. The van der Waals surface area contributed by atoms with Gasteiger partial charge < -0.3 is 14.6 Å². The second-order valence-corrected chi connectivity index (χ2v) is 4.97. The van der Waals surface area contributed by atoms with E-state index in [1.165, 1.54) is 0 Å². The molecule has 112 valence electrons. The lowest BCUT2D eigenvalue weighted by atomic mass is 10.1. The zero-order chi connectivity index (χ0) is 15.7. The zero-order valence-corrected chi connectivity index (χ0v) is 12.8. The molecule has 1 aromatic heterocycles. The van der Waals surface area contributed by atoms with Crippen molar-refractivity contribution in [2.24, 2.45) is 7.05 Å². The standard InChI is InChI=1S/C17H17N3O2/c1-18-13-9-8-11(22-3)10-12(13)16-17(21)20(2)15-7-5-4-6-14(15)19-16/h4-10,18H,1-3H3. The SMILES string of the molecule is CNc1ccc(OC)cc1-c1nc2ccccc2n(C)c1=O. The number of hydrogen-bond acceptors (Lipinski definition) is 4. The number of ether oxygens (including phenoxy) is 1. The van der Waals surface area contributed by atoms with Crippen LogP contribution in [0, 0.1) is 0 Å². The van der Waals surface area contributed by atoms with Crippen LogP contribution >= 0.6 is 0 Å². The Morgan fingerprint density at radius 2 is 1.95 bits per heavy atom. The summed E-state index contributed by atoms with van der Waals surface area (Å²) < 4.78 is 6.89. The molecule has 0 radical (unpaired) electrons. The first-order valence-electron chi connectivity index (χ1n) is 6.97. The maximum absolute atomic E-state index is 12.7. The van der Waals surface area contributed by atoms with E-state index in [9.17, 15) is 4.79 Å². The Labute approximate surface area is 128 Å². The molecule has 1 N–H and O–H groups in total. The number of nitrogens with one attached hydrogen (secondary N) is 1. The normalized spacial score (nSPS) is 10.7. The average Bonchev–Trinajstić information content (AvgIpc) is 2.57. The second kappa shape index (κ2) is 5.52. The number of hydrogen-bond donors (Lipinski definition) is 1. The quantitative estimate of drug-likeness (QED) is 0.807. The summed E-state index contributed by atoms with van der Waals surface area (Å²) in [6.45, 7) is 0. The fourth-order valence-electron chi connectivity index (χ4n) is 2.52. The van der Waals surface area contributed by atoms with Gasteiger partial charge in [-0.2, -0.15) is 0 Å². The Morgan fingerprint density at radius 1 is 1.18 bits per heavy atom. The first-order valence-corrected chi connectivity index (χ1v) is 6.97. The van der Waals surface area contributed by atoms with E-state index in [0.29, 0.717) is 11.4 Å². The van der Waals surface area contributed by atoms with Gasteiger partial charge in [0.25, 0.3) is 5.56 Å². The van der Waals surface area contributed by atoms with Crippen LogP contribution in [-0.4, -0.2) is 23.7 Å². The molecule has 5 heteroatoms. The number of rotatable bonds is 3. The van der Waals surface area contributed by atoms with Gasteiger partial charge in [-0.25, -0.2) is 4.98 Å². The van der Waals surface area contributed by atoms with Gasteiger partial charge in [0.05, 0.1) is 18.1 Å². The molecule has 0 atom stereocenters. The molecule has 0 amide bonds. The second-order valence-electron chi connectivity index (χ2n) is 4.97. The lowest BCUT2D eigenvalue weighted by Crippen LogP contribution is -2.21. The topological polar surface area (TPSA) is 56.1 Å². The summed E-state index contributed by atoms with van der Waals surface area (Å²) >= 11 is 0. The van der Waals surface area contributed by atoms with Crippen LogP contribution in [0.1, 0.15) is 0 Å². The predicted molar refractivity (Wildman–Crippen MR) is 88.5 cm³/mol. The minimum Gasteiger partial charge on any atom is -0.497 e. The van der Waals surface area contributed by atoms with Gasteiger partial charge in [0.1, 0.15) is 11.4 Å². The molecule has 0 spiro atoms. The highest BCUT2D eigenvalue weighted by atomic mass is 16.5. The number of nitrogens with zero attached hydrogens (tertiary/aromatic N) is 2. The Bertz CT molecular complexity index is 900. The van der Waals surface area contributed by atoms with Crippen LogP contribution in [-0.2, 0) is 7.05 Å². The molecule has 0 bridgehead atoms. The van der Waals surface area contributed by atoms with Crippen molar-refractivity contribution in [3.8, 4) is 17.0 Å². The molecule has 0 aliphatic heterocycles. The summed E-state index contributed by atoms with van der Waals surface area (Å²) in [6, 6.07) is 13.1. The van der Waals surface area contributed by atoms with Gasteiger partial charge >= 0.3 is 0 Å². The van der Waals surface area contributed by atoms with Crippen molar-refractivity contribution in [2.45, 2.75) is 0 Å². The van der Waals surface area contributed by atoms with Gasteiger partial charge in [0.15, 0.2) is 0 Å². The molecular formula is C17H17N3O2. The minimum absolute atomic E-state index is 0.136. The number of anilines is 1. The van der Waals surface area contributed by atoms with E-state index in [4.69, 9.17) is 4.74 Å². The lowest BCUT2D eigenvalue weighted by molar-refractivity contribution is 0.415. The van der Waals surface area contributed by atoms with Crippen LogP contribution in [0.25, 0.3) is 22.3 Å². The van der Waals surface area contributed by atoms with Crippen molar-refractivity contribution in [1.82, 2.24) is 9.55 Å². The van der Waals surface area contributed by atoms with Crippen LogP contribution in [0.3, 0.4) is 0 Å². The summed E-state index contributed by atoms with van der Waals surface area (Å²) in [7, 11) is 5.18. The van der Waals surface area contributed by atoms with Crippen LogP contribution in [0.5, 0.6) is 5.75 Å². The maximum Gasteiger partial charge on any atom is 0.277 e. The van der Waals surface area contributed by atoms with E-state index in [0.717, 1.165) is 22.3 Å². The fraction of sp³-hybridized carbons (Fsp3) is 0.176. The Kier molecular flexibility index (Phi) is 3.55. The average molecular weight is 295 g/mol. The van der Waals surface area contributed by atoms with Crippen molar-refractivity contribution in [2.75, 3.05) is 19.5 Å². The Hall–Kier alpha value is -2.82. The molecule has 0 aliphatic carbocycles. The molecule has 22 heavy (non-hydrogen) atoms. The van der Waals surface area contributed by atoms with Crippen LogP contribution < -0.4 is 15.6 Å². The minimum atomic E-state index is -0.136.